The summed E-state index contributed by atoms with van der Waals surface area (Å²) >= 11 is 6.01. The van der Waals surface area contributed by atoms with Gasteiger partial charge in [-0.25, -0.2) is 4.79 Å². The molecule has 0 fully saturated rings. The lowest BCUT2D eigenvalue weighted by molar-refractivity contribution is 0.0601. The van der Waals surface area contributed by atoms with Crippen LogP contribution in [0.5, 0.6) is 5.75 Å². The first-order valence-corrected chi connectivity index (χ1v) is 5.63. The molecule has 0 amide bonds. The van der Waals surface area contributed by atoms with Gasteiger partial charge < -0.3 is 9.47 Å². The van der Waals surface area contributed by atoms with E-state index in [1.165, 1.54) is 7.11 Å². The molecule has 0 aromatic heterocycles. The molecule has 0 saturated heterocycles. The number of carbonyl (C=O) groups excluding carboxylic acids is 1. The van der Waals surface area contributed by atoms with Gasteiger partial charge >= 0.3 is 5.97 Å². The molecule has 1 aromatic carbocycles. The maximum atomic E-state index is 11.5. The molecule has 0 saturated carbocycles. The molecule has 0 spiro atoms. The Labute approximate surface area is 99.3 Å². The van der Waals surface area contributed by atoms with Crippen molar-refractivity contribution >= 4 is 17.6 Å². The summed E-state index contributed by atoms with van der Waals surface area (Å²) in [4.78, 5) is 11.5. The third-order valence-electron chi connectivity index (χ3n) is 2.65. The first kappa shape index (κ1) is 11.3. The Hall–Kier alpha value is -1.22. The monoisotopic (exact) mass is 240 g/mol. The van der Waals surface area contributed by atoms with Crippen LogP contribution < -0.4 is 4.74 Å². The molecule has 1 aromatic rings. The first-order valence-electron chi connectivity index (χ1n) is 5.26. The van der Waals surface area contributed by atoms with E-state index in [-0.39, 0.29) is 0 Å². The molecule has 16 heavy (non-hydrogen) atoms. The molecule has 1 aliphatic rings. The van der Waals surface area contributed by atoms with Crippen LogP contribution in [-0.4, -0.2) is 19.7 Å². The molecule has 3 nitrogen and oxygen atoms in total. The van der Waals surface area contributed by atoms with Gasteiger partial charge in [-0.3, -0.25) is 0 Å². The molecule has 0 unspecified atom stereocenters. The lowest BCUT2D eigenvalue weighted by Crippen LogP contribution is -2.04. The molecule has 0 atom stereocenters. The molecule has 2 rings (SSSR count). The van der Waals surface area contributed by atoms with Crippen LogP contribution >= 0.6 is 11.6 Å². The smallest absolute Gasteiger partial charge is 0.339 e. The van der Waals surface area contributed by atoms with Gasteiger partial charge in [0.25, 0.3) is 0 Å². The van der Waals surface area contributed by atoms with Crippen LogP contribution in [0.1, 0.15) is 28.8 Å². The van der Waals surface area contributed by atoms with Gasteiger partial charge in [0.05, 0.1) is 24.3 Å². The van der Waals surface area contributed by atoms with Crippen molar-refractivity contribution in [1.82, 2.24) is 0 Å². The second-order valence-electron chi connectivity index (χ2n) is 3.74. The molecule has 4 heteroatoms. The number of hydrogen-bond acceptors (Lipinski definition) is 3. The van der Waals surface area contributed by atoms with Crippen LogP contribution in [0.25, 0.3) is 0 Å². The lowest BCUT2D eigenvalue weighted by atomic mass is 10.0. The van der Waals surface area contributed by atoms with Crippen molar-refractivity contribution in [1.29, 1.82) is 0 Å². The quantitative estimate of drug-likeness (QED) is 0.708. The van der Waals surface area contributed by atoms with Gasteiger partial charge in [0, 0.05) is 0 Å². The van der Waals surface area contributed by atoms with Crippen molar-refractivity contribution in [2.75, 3.05) is 13.7 Å². The molecule has 0 aliphatic carbocycles. The Bertz CT molecular complexity index is 415. The Morgan fingerprint density at radius 1 is 1.44 bits per heavy atom. The molecular formula is C12H13ClO3. The number of rotatable bonds is 1. The number of ether oxygens (including phenoxy) is 2. The fourth-order valence-corrected chi connectivity index (χ4v) is 2.03. The van der Waals surface area contributed by atoms with Crippen molar-refractivity contribution in [3.05, 3.63) is 28.3 Å². The summed E-state index contributed by atoms with van der Waals surface area (Å²) in [5, 5.41) is 0.382. The summed E-state index contributed by atoms with van der Waals surface area (Å²) in [5.41, 5.74) is 1.44. The maximum absolute atomic E-state index is 11.5. The molecule has 1 aliphatic heterocycles. The van der Waals surface area contributed by atoms with E-state index < -0.39 is 5.97 Å². The third-order valence-corrected chi connectivity index (χ3v) is 2.97. The summed E-state index contributed by atoms with van der Waals surface area (Å²) in [5.74, 6) is 0.382. The third kappa shape index (κ3) is 2.14. The van der Waals surface area contributed by atoms with Gasteiger partial charge in [-0.2, -0.15) is 0 Å². The molecule has 0 radical (unpaired) electrons. The maximum Gasteiger partial charge on any atom is 0.339 e. The van der Waals surface area contributed by atoms with E-state index in [2.05, 4.69) is 4.74 Å². The van der Waals surface area contributed by atoms with Gasteiger partial charge in [0.2, 0.25) is 0 Å². The van der Waals surface area contributed by atoms with Crippen LogP contribution in [-0.2, 0) is 11.2 Å². The van der Waals surface area contributed by atoms with E-state index in [1.54, 1.807) is 12.1 Å². The minimum Gasteiger partial charge on any atom is -0.493 e. The zero-order chi connectivity index (χ0) is 11.5. The number of fused-ring (bicyclic) bond motifs is 1. The zero-order valence-electron chi connectivity index (χ0n) is 9.09. The summed E-state index contributed by atoms with van der Waals surface area (Å²) in [6.45, 7) is 0.709. The summed E-state index contributed by atoms with van der Waals surface area (Å²) < 4.78 is 10.2. The summed E-state index contributed by atoms with van der Waals surface area (Å²) in [6.07, 6.45) is 3.01. The summed E-state index contributed by atoms with van der Waals surface area (Å²) in [6, 6.07) is 3.48. The van der Waals surface area contributed by atoms with E-state index in [4.69, 9.17) is 16.3 Å². The highest BCUT2D eigenvalue weighted by molar-refractivity contribution is 6.33. The Kier molecular flexibility index (Phi) is 3.34. The average molecular weight is 241 g/mol. The highest BCUT2D eigenvalue weighted by atomic mass is 35.5. The number of carbonyl (C=O) groups is 1. The molecule has 86 valence electrons. The van der Waals surface area contributed by atoms with E-state index in [0.717, 1.165) is 30.6 Å². The number of hydrogen-bond donors (Lipinski definition) is 0. The number of halogens is 1. The van der Waals surface area contributed by atoms with Crippen molar-refractivity contribution in [3.63, 3.8) is 0 Å². The topological polar surface area (TPSA) is 35.5 Å². The fraction of sp³-hybridized carbons (Fsp3) is 0.417. The van der Waals surface area contributed by atoms with Crippen molar-refractivity contribution in [3.8, 4) is 5.75 Å². The van der Waals surface area contributed by atoms with Crippen molar-refractivity contribution < 1.29 is 14.3 Å². The van der Waals surface area contributed by atoms with Crippen LogP contribution in [0.3, 0.4) is 0 Å². The largest absolute Gasteiger partial charge is 0.493 e. The van der Waals surface area contributed by atoms with Gasteiger partial charge in [-0.15, -0.1) is 0 Å². The van der Waals surface area contributed by atoms with Crippen LogP contribution in [0.15, 0.2) is 12.1 Å². The Morgan fingerprint density at radius 2 is 2.25 bits per heavy atom. The first-order chi connectivity index (χ1) is 7.72. The molecule has 0 bridgehead atoms. The van der Waals surface area contributed by atoms with Crippen LogP contribution in [0, 0.1) is 0 Å². The number of aryl methyl sites for hydroxylation is 1. The minimum absolute atomic E-state index is 0.382. The predicted octanol–water partition coefficient (Wildman–Crippen LogP) is 2.84. The number of esters is 1. The normalized spacial score (nSPS) is 14.6. The molecular weight excluding hydrogens is 228 g/mol. The van der Waals surface area contributed by atoms with E-state index >= 15 is 0 Å². The van der Waals surface area contributed by atoms with Gasteiger partial charge in [0.1, 0.15) is 5.75 Å². The average Bonchev–Trinajstić information content (AvgIpc) is 2.51. The van der Waals surface area contributed by atoms with Crippen LogP contribution in [0.4, 0.5) is 0 Å². The lowest BCUT2D eigenvalue weighted by Gasteiger charge is -2.10. The van der Waals surface area contributed by atoms with Gasteiger partial charge in [0.15, 0.2) is 0 Å². The number of benzene rings is 1. The van der Waals surface area contributed by atoms with Crippen LogP contribution in [0.2, 0.25) is 5.02 Å². The van der Waals surface area contributed by atoms with E-state index in [1.807, 2.05) is 0 Å². The van der Waals surface area contributed by atoms with Crippen molar-refractivity contribution in [2.24, 2.45) is 0 Å². The van der Waals surface area contributed by atoms with Gasteiger partial charge in [-0.1, -0.05) is 11.6 Å². The van der Waals surface area contributed by atoms with E-state index in [9.17, 15) is 4.79 Å². The molecule has 1 heterocycles. The minimum atomic E-state index is -0.406. The Morgan fingerprint density at radius 3 is 3.00 bits per heavy atom. The number of methoxy groups -OCH3 is 1. The summed E-state index contributed by atoms with van der Waals surface area (Å²) in [7, 11) is 1.35. The SMILES string of the molecule is COC(=O)c1cc2c(cc1Cl)OCCCC2. The second-order valence-corrected chi connectivity index (χ2v) is 4.14. The van der Waals surface area contributed by atoms with Crippen molar-refractivity contribution in [2.45, 2.75) is 19.3 Å². The highest BCUT2D eigenvalue weighted by Crippen LogP contribution is 2.30. The van der Waals surface area contributed by atoms with E-state index in [0.29, 0.717) is 17.2 Å². The van der Waals surface area contributed by atoms with Gasteiger partial charge in [-0.05, 0) is 37.0 Å². The predicted molar refractivity (Wildman–Crippen MR) is 61.2 cm³/mol. The fourth-order valence-electron chi connectivity index (χ4n) is 1.80. The second kappa shape index (κ2) is 4.74. The Balaban J connectivity index is 2.42. The molecule has 0 N–H and O–H groups in total. The highest BCUT2D eigenvalue weighted by Gasteiger charge is 2.17. The zero-order valence-corrected chi connectivity index (χ0v) is 9.84. The standard InChI is InChI=1S/C12H13ClO3/c1-15-12(14)9-6-8-4-2-3-5-16-11(8)7-10(9)13/h6-7H,2-5H2,1H3.